The predicted octanol–water partition coefficient (Wildman–Crippen LogP) is 2.70. The first kappa shape index (κ1) is 15.4. The van der Waals surface area contributed by atoms with Crippen LogP contribution in [-0.4, -0.2) is 39.9 Å². The van der Waals surface area contributed by atoms with Crippen molar-refractivity contribution < 1.29 is 19.4 Å². The number of nitrogens with zero attached hydrogens (tertiary/aromatic N) is 2. The molecule has 0 radical (unpaired) electrons. The lowest BCUT2D eigenvalue weighted by molar-refractivity contribution is -0.143. The number of rotatable bonds is 5. The van der Waals surface area contributed by atoms with Gasteiger partial charge in [0.1, 0.15) is 11.9 Å². The number of aliphatic carboxylic acids is 1. The van der Waals surface area contributed by atoms with Gasteiger partial charge in [-0.25, -0.2) is 0 Å². The van der Waals surface area contributed by atoms with Gasteiger partial charge >= 0.3 is 5.97 Å². The number of hydrogen-bond acceptors (Lipinski definition) is 4. The fourth-order valence-corrected chi connectivity index (χ4v) is 3.61. The Labute approximate surface area is 140 Å². The van der Waals surface area contributed by atoms with Gasteiger partial charge in [-0.15, -0.1) is 0 Å². The van der Waals surface area contributed by atoms with Crippen LogP contribution in [0, 0.1) is 11.8 Å². The van der Waals surface area contributed by atoms with Crippen molar-refractivity contribution in [2.45, 2.75) is 38.3 Å². The van der Waals surface area contributed by atoms with Crippen LogP contribution < -0.4 is 4.74 Å². The fourth-order valence-electron chi connectivity index (χ4n) is 3.61. The first-order chi connectivity index (χ1) is 11.7. The third kappa shape index (κ3) is 3.11. The van der Waals surface area contributed by atoms with Gasteiger partial charge < -0.3 is 19.1 Å². The number of fused-ring (bicyclic) bond motifs is 1. The largest absolute Gasteiger partial charge is 0.484 e. The summed E-state index contributed by atoms with van der Waals surface area (Å²) < 4.78 is 13.2. The predicted molar refractivity (Wildman–Crippen MR) is 88.1 cm³/mol. The third-order valence-corrected chi connectivity index (χ3v) is 5.16. The Balaban J connectivity index is 1.45. The molecule has 6 heteroatoms. The van der Waals surface area contributed by atoms with Gasteiger partial charge in [-0.3, -0.25) is 9.78 Å². The van der Waals surface area contributed by atoms with Crippen LogP contribution >= 0.6 is 0 Å². The summed E-state index contributed by atoms with van der Waals surface area (Å²) in [7, 11) is 0. The van der Waals surface area contributed by atoms with Crippen molar-refractivity contribution in [3.05, 3.63) is 24.5 Å². The quantitative estimate of drug-likeness (QED) is 0.912. The zero-order chi connectivity index (χ0) is 16.5. The van der Waals surface area contributed by atoms with Crippen molar-refractivity contribution >= 4 is 17.0 Å². The first-order valence-electron chi connectivity index (χ1n) is 8.61. The van der Waals surface area contributed by atoms with Crippen molar-refractivity contribution in [1.82, 2.24) is 9.55 Å². The maximum atomic E-state index is 11.1. The van der Waals surface area contributed by atoms with E-state index in [-0.39, 0.29) is 12.0 Å². The van der Waals surface area contributed by atoms with E-state index in [1.165, 1.54) is 0 Å². The smallest absolute Gasteiger partial charge is 0.306 e. The Hall–Kier alpha value is -2.08. The topological polar surface area (TPSA) is 73.6 Å². The number of carboxylic acid groups (broad SMARTS) is 1. The molecule has 1 N–H and O–H groups in total. The average Bonchev–Trinajstić information content (AvgIpc) is 2.94. The van der Waals surface area contributed by atoms with Crippen LogP contribution in [-0.2, 0) is 16.1 Å². The summed E-state index contributed by atoms with van der Waals surface area (Å²) in [5, 5.41) is 9.11. The highest BCUT2D eigenvalue weighted by molar-refractivity contribution is 5.77. The number of carboxylic acids is 1. The van der Waals surface area contributed by atoms with Crippen molar-refractivity contribution in [2.24, 2.45) is 11.8 Å². The number of pyridine rings is 1. The second-order valence-corrected chi connectivity index (χ2v) is 6.88. The Bertz CT molecular complexity index is 730. The normalized spacial score (nSPS) is 24.7. The molecule has 2 aromatic heterocycles. The Morgan fingerprint density at radius 2 is 2.12 bits per heavy atom. The standard InChI is InChI=1S/C18H22N2O4/c21-18(22)13-3-1-12(2-4-13)9-20-6-5-16-17(20)7-14(8-19-16)24-15-10-23-11-15/h5-8,12-13,15H,1-4,9-11H2,(H,21,22). The molecule has 6 nitrogen and oxygen atoms in total. The molecule has 1 aliphatic carbocycles. The number of aromatic nitrogens is 2. The van der Waals surface area contributed by atoms with E-state index in [0.29, 0.717) is 19.1 Å². The molecule has 2 aliphatic rings. The van der Waals surface area contributed by atoms with Gasteiger partial charge in [0.25, 0.3) is 0 Å². The van der Waals surface area contributed by atoms with Crippen LogP contribution in [0.2, 0.25) is 0 Å². The van der Waals surface area contributed by atoms with E-state index in [4.69, 9.17) is 14.6 Å². The van der Waals surface area contributed by atoms with Crippen LogP contribution in [0.1, 0.15) is 25.7 Å². The summed E-state index contributed by atoms with van der Waals surface area (Å²) >= 11 is 0. The van der Waals surface area contributed by atoms with Gasteiger partial charge in [-0.1, -0.05) is 0 Å². The minimum Gasteiger partial charge on any atom is -0.484 e. The second kappa shape index (κ2) is 6.43. The van der Waals surface area contributed by atoms with Gasteiger partial charge in [0.05, 0.1) is 36.4 Å². The summed E-state index contributed by atoms with van der Waals surface area (Å²) in [6.45, 7) is 2.20. The third-order valence-electron chi connectivity index (χ3n) is 5.16. The molecular weight excluding hydrogens is 308 g/mol. The van der Waals surface area contributed by atoms with Crippen molar-refractivity contribution in [3.63, 3.8) is 0 Å². The van der Waals surface area contributed by atoms with E-state index in [1.807, 2.05) is 12.1 Å². The lowest BCUT2D eigenvalue weighted by Crippen LogP contribution is -2.38. The van der Waals surface area contributed by atoms with Crippen molar-refractivity contribution in [1.29, 1.82) is 0 Å². The molecule has 0 unspecified atom stereocenters. The lowest BCUT2D eigenvalue weighted by Gasteiger charge is -2.27. The van der Waals surface area contributed by atoms with E-state index >= 15 is 0 Å². The maximum absolute atomic E-state index is 11.1. The second-order valence-electron chi connectivity index (χ2n) is 6.88. The average molecular weight is 330 g/mol. The van der Waals surface area contributed by atoms with Crippen molar-refractivity contribution in [2.75, 3.05) is 13.2 Å². The zero-order valence-corrected chi connectivity index (χ0v) is 13.6. The lowest BCUT2D eigenvalue weighted by atomic mass is 9.82. The monoisotopic (exact) mass is 330 g/mol. The Morgan fingerprint density at radius 1 is 1.33 bits per heavy atom. The van der Waals surface area contributed by atoms with E-state index in [2.05, 4.69) is 15.7 Å². The summed E-state index contributed by atoms with van der Waals surface area (Å²) in [6, 6.07) is 4.07. The molecule has 4 rings (SSSR count). The van der Waals surface area contributed by atoms with Crippen molar-refractivity contribution in [3.8, 4) is 5.75 Å². The Kier molecular flexibility index (Phi) is 4.14. The molecule has 24 heavy (non-hydrogen) atoms. The molecule has 1 saturated heterocycles. The highest BCUT2D eigenvalue weighted by Gasteiger charge is 2.26. The van der Waals surface area contributed by atoms with Gasteiger partial charge in [0.15, 0.2) is 0 Å². The number of carbonyl (C=O) groups is 1. The highest BCUT2D eigenvalue weighted by Crippen LogP contribution is 2.31. The van der Waals surface area contributed by atoms with Crippen LogP contribution in [0.5, 0.6) is 5.75 Å². The summed E-state index contributed by atoms with van der Waals surface area (Å²) in [5.74, 6) is 0.506. The molecular formula is C18H22N2O4. The number of ether oxygens (including phenoxy) is 2. The minimum atomic E-state index is -0.647. The molecule has 1 saturated carbocycles. The molecule has 0 amide bonds. The Morgan fingerprint density at radius 3 is 2.79 bits per heavy atom. The van der Waals surface area contributed by atoms with E-state index in [1.54, 1.807) is 6.20 Å². The molecule has 0 aromatic carbocycles. The van der Waals surface area contributed by atoms with Gasteiger partial charge in [-0.2, -0.15) is 0 Å². The minimum absolute atomic E-state index is 0.138. The van der Waals surface area contributed by atoms with Crippen LogP contribution in [0.4, 0.5) is 0 Å². The highest BCUT2D eigenvalue weighted by atomic mass is 16.6. The zero-order valence-electron chi connectivity index (χ0n) is 13.6. The molecule has 0 atom stereocenters. The van der Waals surface area contributed by atoms with E-state index in [0.717, 1.165) is 49.0 Å². The van der Waals surface area contributed by atoms with Gasteiger partial charge in [-0.05, 0) is 37.7 Å². The maximum Gasteiger partial charge on any atom is 0.306 e. The van der Waals surface area contributed by atoms with Gasteiger partial charge in [0.2, 0.25) is 0 Å². The molecule has 0 spiro atoms. The van der Waals surface area contributed by atoms with Crippen LogP contribution in [0.25, 0.3) is 11.0 Å². The molecule has 3 heterocycles. The molecule has 0 bridgehead atoms. The van der Waals surface area contributed by atoms with Crippen LogP contribution in [0.15, 0.2) is 24.5 Å². The summed E-state index contributed by atoms with van der Waals surface area (Å²) in [4.78, 5) is 15.5. The van der Waals surface area contributed by atoms with Crippen LogP contribution in [0.3, 0.4) is 0 Å². The van der Waals surface area contributed by atoms with E-state index in [9.17, 15) is 4.79 Å². The molecule has 1 aliphatic heterocycles. The first-order valence-corrected chi connectivity index (χ1v) is 8.61. The van der Waals surface area contributed by atoms with Gasteiger partial charge in [0, 0.05) is 18.8 Å². The SMILES string of the molecule is O=C(O)C1CCC(Cn2ccc3ncc(OC4COC4)cc32)CC1. The molecule has 2 aromatic rings. The molecule has 2 fully saturated rings. The number of hydrogen-bond donors (Lipinski definition) is 1. The summed E-state index contributed by atoms with van der Waals surface area (Å²) in [6.07, 6.45) is 7.49. The van der Waals surface area contributed by atoms with E-state index < -0.39 is 5.97 Å². The fraction of sp³-hybridized carbons (Fsp3) is 0.556. The summed E-state index contributed by atoms with van der Waals surface area (Å²) in [5.41, 5.74) is 2.04. The molecule has 128 valence electrons.